The summed E-state index contributed by atoms with van der Waals surface area (Å²) < 4.78 is 84.3. The molecule has 2 unspecified atom stereocenters. The van der Waals surface area contributed by atoms with Gasteiger partial charge >= 0.3 is 6.29 Å². The molecule has 0 amide bonds. The van der Waals surface area contributed by atoms with E-state index in [0.717, 1.165) is 5.56 Å². The molecule has 1 aliphatic heterocycles. The van der Waals surface area contributed by atoms with Crippen molar-refractivity contribution in [3.05, 3.63) is 60.2 Å². The minimum atomic E-state index is -4.25. The number of halogens is 2. The molecule has 1 N–H and O–H groups in total. The van der Waals surface area contributed by atoms with Crippen molar-refractivity contribution in [1.82, 2.24) is 24.7 Å². The summed E-state index contributed by atoms with van der Waals surface area (Å²) in [4.78, 5) is 8.43. The van der Waals surface area contributed by atoms with E-state index in [9.17, 15) is 17.2 Å². The molecule has 0 aliphatic carbocycles. The highest BCUT2D eigenvalue weighted by Crippen LogP contribution is 2.44. The second-order valence-electron chi connectivity index (χ2n) is 9.15. The molecule has 42 heavy (non-hydrogen) atoms. The lowest BCUT2D eigenvalue weighted by atomic mass is 10.1. The van der Waals surface area contributed by atoms with Crippen LogP contribution in [0.4, 0.5) is 14.7 Å². The molecule has 0 saturated carbocycles. The van der Waals surface area contributed by atoms with Gasteiger partial charge in [0, 0.05) is 25.1 Å². The van der Waals surface area contributed by atoms with E-state index in [0.29, 0.717) is 0 Å². The average molecular weight is 605 g/mol. The van der Waals surface area contributed by atoms with Crippen molar-refractivity contribution < 1.29 is 40.9 Å². The van der Waals surface area contributed by atoms with E-state index < -0.39 is 27.7 Å². The molecule has 2 aromatic heterocycles. The first-order valence-electron chi connectivity index (χ1n) is 12.4. The fraction of sp³-hybridized carbons (Fsp3) is 0.308. The maximum absolute atomic E-state index is 13.7. The van der Waals surface area contributed by atoms with Crippen molar-refractivity contribution in [3.63, 3.8) is 0 Å². The number of alkyl halides is 2. The average Bonchev–Trinajstić information content (AvgIpc) is 3.51. The van der Waals surface area contributed by atoms with Gasteiger partial charge in [0.25, 0.3) is 0 Å². The van der Waals surface area contributed by atoms with Crippen LogP contribution in [0.5, 0.6) is 23.0 Å². The van der Waals surface area contributed by atoms with Gasteiger partial charge in [0.05, 0.1) is 14.2 Å². The number of sulfonamides is 1. The number of aryl methyl sites for hydroxylation is 1. The van der Waals surface area contributed by atoms with Gasteiger partial charge in [-0.05, 0) is 49.7 Å². The molecule has 1 aliphatic rings. The van der Waals surface area contributed by atoms with Gasteiger partial charge < -0.3 is 23.7 Å². The van der Waals surface area contributed by atoms with Gasteiger partial charge in [-0.3, -0.25) is 9.29 Å². The predicted molar refractivity (Wildman–Crippen MR) is 145 cm³/mol. The summed E-state index contributed by atoms with van der Waals surface area (Å²) in [6.07, 6.45) is -1.76. The van der Waals surface area contributed by atoms with Crippen molar-refractivity contribution >= 4 is 16.0 Å². The van der Waals surface area contributed by atoms with Crippen LogP contribution >= 0.6 is 0 Å². The summed E-state index contributed by atoms with van der Waals surface area (Å²) in [5.41, 5.74) is 1.28. The number of ether oxygens (including phenoxy) is 5. The van der Waals surface area contributed by atoms with Crippen molar-refractivity contribution in [2.24, 2.45) is 0 Å². The number of hydrogen-bond donors (Lipinski definition) is 1. The number of methoxy groups -OCH3 is 3. The summed E-state index contributed by atoms with van der Waals surface area (Å²) in [6, 6.07) is 8.92. The molecule has 0 saturated heterocycles. The van der Waals surface area contributed by atoms with E-state index >= 15 is 0 Å². The van der Waals surface area contributed by atoms with Gasteiger partial charge in [0.15, 0.2) is 23.1 Å². The number of nitrogens with one attached hydrogen (secondary N) is 1. The number of hydrogen-bond acceptors (Lipinski definition) is 11. The third kappa shape index (κ3) is 5.37. The maximum Gasteiger partial charge on any atom is 0.586 e. The quantitative estimate of drug-likeness (QED) is 0.281. The first-order chi connectivity index (χ1) is 20.0. The SMILES string of the molecule is COc1cccc(OC)c1-n1c(NS(=O)(=O)C(C)C(OC)c2ncc(C)cn2)nnc1-c1ccc2c(c1)OC(F)(F)O2. The monoisotopic (exact) mass is 604 g/mol. The largest absolute Gasteiger partial charge is 0.586 e. The van der Waals surface area contributed by atoms with Crippen molar-refractivity contribution in [2.75, 3.05) is 26.1 Å². The molecule has 222 valence electrons. The lowest BCUT2D eigenvalue weighted by Gasteiger charge is -2.23. The van der Waals surface area contributed by atoms with E-state index in [2.05, 4.69) is 34.4 Å². The summed E-state index contributed by atoms with van der Waals surface area (Å²) in [7, 11) is -0.0631. The van der Waals surface area contributed by atoms with Crippen LogP contribution < -0.4 is 23.7 Å². The van der Waals surface area contributed by atoms with Gasteiger partial charge in [-0.15, -0.1) is 19.0 Å². The zero-order valence-corrected chi connectivity index (χ0v) is 23.8. The molecule has 0 fully saturated rings. The Hall–Kier alpha value is -4.57. The van der Waals surface area contributed by atoms with Crippen LogP contribution in [0.1, 0.15) is 24.4 Å². The van der Waals surface area contributed by atoms with E-state index in [1.54, 1.807) is 37.5 Å². The first kappa shape index (κ1) is 28.9. The predicted octanol–water partition coefficient (Wildman–Crippen LogP) is 3.89. The van der Waals surface area contributed by atoms with Crippen LogP contribution in [0.15, 0.2) is 48.8 Å². The molecule has 2 atom stereocenters. The smallest absolute Gasteiger partial charge is 0.494 e. The van der Waals surface area contributed by atoms with E-state index in [1.807, 2.05) is 0 Å². The molecular formula is C26H26F2N6O7S. The van der Waals surface area contributed by atoms with Gasteiger partial charge in [0.1, 0.15) is 28.5 Å². The maximum atomic E-state index is 13.7. The van der Waals surface area contributed by atoms with Gasteiger partial charge in [-0.25, -0.2) is 18.4 Å². The van der Waals surface area contributed by atoms with Crippen LogP contribution in [-0.2, 0) is 14.8 Å². The van der Waals surface area contributed by atoms with Crippen LogP contribution in [-0.4, -0.2) is 66.0 Å². The Bertz CT molecular complexity index is 1690. The van der Waals surface area contributed by atoms with Crippen molar-refractivity contribution in [1.29, 1.82) is 0 Å². The Labute approximate surface area is 239 Å². The third-order valence-electron chi connectivity index (χ3n) is 6.41. The Morgan fingerprint density at radius 1 is 0.976 bits per heavy atom. The van der Waals surface area contributed by atoms with Crippen molar-refractivity contribution in [3.8, 4) is 40.1 Å². The van der Waals surface area contributed by atoms with Gasteiger partial charge in [0.2, 0.25) is 16.0 Å². The number of rotatable bonds is 10. The number of benzene rings is 2. The summed E-state index contributed by atoms with van der Waals surface area (Å²) in [5, 5.41) is 7.08. The highest BCUT2D eigenvalue weighted by atomic mass is 32.2. The van der Waals surface area contributed by atoms with E-state index in [1.165, 1.54) is 51.0 Å². The fourth-order valence-corrected chi connectivity index (χ4v) is 5.46. The number of fused-ring (bicyclic) bond motifs is 1. The number of nitrogens with zero attached hydrogens (tertiary/aromatic N) is 5. The Morgan fingerprint density at radius 3 is 2.24 bits per heavy atom. The number of aromatic nitrogens is 5. The molecule has 2 aromatic carbocycles. The highest BCUT2D eigenvalue weighted by molar-refractivity contribution is 7.93. The molecule has 16 heteroatoms. The number of anilines is 1. The Kier molecular flexibility index (Phi) is 7.59. The van der Waals surface area contributed by atoms with Crippen molar-refractivity contribution in [2.45, 2.75) is 31.5 Å². The standard InChI is InChI=1S/C26H26F2N6O7S/c1-14-12-29-23(30-13-14)22(39-5)15(2)42(35,36)33-25-32-31-24(16-9-10-17-20(11-16)41-26(27,28)40-17)34(25)21-18(37-3)7-6-8-19(21)38-4/h6-13,15,22H,1-5H3,(H,32,33). The Morgan fingerprint density at radius 2 is 1.62 bits per heavy atom. The van der Waals surface area contributed by atoms with E-state index in [4.69, 9.17) is 14.2 Å². The first-order valence-corrected chi connectivity index (χ1v) is 13.9. The third-order valence-corrected chi connectivity index (χ3v) is 8.10. The molecular weight excluding hydrogens is 578 g/mol. The zero-order chi connectivity index (χ0) is 30.2. The lowest BCUT2D eigenvalue weighted by molar-refractivity contribution is -0.286. The molecule has 3 heterocycles. The number of para-hydroxylation sites is 1. The highest BCUT2D eigenvalue weighted by Gasteiger charge is 2.43. The van der Waals surface area contributed by atoms with Crippen LogP contribution in [0, 0.1) is 6.92 Å². The zero-order valence-electron chi connectivity index (χ0n) is 23.0. The molecule has 0 radical (unpaired) electrons. The fourth-order valence-electron chi connectivity index (χ4n) is 4.33. The molecule has 0 spiro atoms. The topological polar surface area (TPSA) is 149 Å². The van der Waals surface area contributed by atoms with Crippen LogP contribution in [0.2, 0.25) is 0 Å². The second kappa shape index (κ2) is 11.0. The van der Waals surface area contributed by atoms with Crippen LogP contribution in [0.25, 0.3) is 17.1 Å². The van der Waals surface area contributed by atoms with Crippen LogP contribution in [0.3, 0.4) is 0 Å². The normalized spacial score (nSPS) is 15.2. The summed E-state index contributed by atoms with van der Waals surface area (Å²) in [6.45, 7) is 3.23. The van der Waals surface area contributed by atoms with E-state index in [-0.39, 0.29) is 51.8 Å². The minimum Gasteiger partial charge on any atom is -0.494 e. The molecule has 0 bridgehead atoms. The van der Waals surface area contributed by atoms with Gasteiger partial charge in [-0.2, -0.15) is 0 Å². The minimum absolute atomic E-state index is 0.0509. The Balaban J connectivity index is 1.62. The second-order valence-corrected chi connectivity index (χ2v) is 11.2. The molecule has 5 rings (SSSR count). The summed E-state index contributed by atoms with van der Waals surface area (Å²) in [5.74, 6) is 0.112. The lowest BCUT2D eigenvalue weighted by Crippen LogP contribution is -2.33. The summed E-state index contributed by atoms with van der Waals surface area (Å²) >= 11 is 0. The molecule has 4 aromatic rings. The molecule has 13 nitrogen and oxygen atoms in total. The van der Waals surface area contributed by atoms with Gasteiger partial charge in [-0.1, -0.05) is 6.07 Å².